The number of halogens is 2. The lowest BCUT2D eigenvalue weighted by Gasteiger charge is -2.72. The first-order chi connectivity index (χ1) is 24.7. The van der Waals surface area contributed by atoms with E-state index < -0.39 is 38.7 Å². The van der Waals surface area contributed by atoms with Gasteiger partial charge in [-0.2, -0.15) is 0 Å². The first-order valence-electron chi connectivity index (χ1n) is 20.1. The van der Waals surface area contributed by atoms with Crippen LogP contribution < -0.4 is 5.32 Å². The maximum atomic E-state index is 15.0. The summed E-state index contributed by atoms with van der Waals surface area (Å²) in [5.74, 6) is 0.367. The zero-order valence-electron chi connectivity index (χ0n) is 32.7. The summed E-state index contributed by atoms with van der Waals surface area (Å²) in [6, 6.07) is 2.52. The first kappa shape index (κ1) is 39.1. The van der Waals surface area contributed by atoms with Gasteiger partial charge in [0.25, 0.3) is 0 Å². The molecule has 6 aliphatic rings. The molecule has 53 heavy (non-hydrogen) atoms. The molecule has 1 aromatic rings. The van der Waals surface area contributed by atoms with Crippen molar-refractivity contribution in [3.63, 3.8) is 0 Å². The number of benzene rings is 1. The summed E-state index contributed by atoms with van der Waals surface area (Å²) in [5, 5.41) is 22.5. The second-order valence-corrected chi connectivity index (χ2v) is 21.7. The minimum Gasteiger partial charge on any atom is -0.364 e. The van der Waals surface area contributed by atoms with Crippen LogP contribution in [0.15, 0.2) is 30.4 Å². The van der Waals surface area contributed by atoms with E-state index in [4.69, 9.17) is 0 Å². The largest absolute Gasteiger partial charge is 0.364 e. The third-order valence-electron chi connectivity index (χ3n) is 16.9. The number of allylic oxidation sites excluding steroid dienone is 3. The SMILES string of the molecule is C=C(C)[C@@H]1CC[C@]2(C(=O)NCCN3CCS(=O)(=O)CC3)CC[C@]3(C)[C@H](CC[C@@H]4[C@@]5(C)CC=C(c6cc(F)c(C(O)O)c(F)c6)C(C)(C)[C@@H]5CC[C@]43C)[C@@H]12. The lowest BCUT2D eigenvalue weighted by Crippen LogP contribution is -2.66. The molecule has 1 aliphatic heterocycles. The van der Waals surface area contributed by atoms with Gasteiger partial charge in [-0.05, 0) is 139 Å². The van der Waals surface area contributed by atoms with Gasteiger partial charge in [-0.1, -0.05) is 52.8 Å². The molecule has 0 bridgehead atoms. The molecule has 3 N–H and O–H groups in total. The highest BCUT2D eigenvalue weighted by molar-refractivity contribution is 7.91. The molecule has 0 aromatic heterocycles. The second kappa shape index (κ2) is 13.2. The van der Waals surface area contributed by atoms with Crippen LogP contribution in [0.4, 0.5) is 8.78 Å². The van der Waals surface area contributed by atoms with Crippen molar-refractivity contribution < 1.29 is 32.2 Å². The predicted octanol–water partition coefficient (Wildman–Crippen LogP) is 7.45. The van der Waals surface area contributed by atoms with Crippen molar-refractivity contribution in [2.24, 2.45) is 56.7 Å². The third kappa shape index (κ3) is 5.92. The molecule has 5 aliphatic carbocycles. The number of carbonyl (C=O) groups is 1. The number of fused-ring (bicyclic) bond motifs is 7. The van der Waals surface area contributed by atoms with Gasteiger partial charge in [0.05, 0.1) is 22.5 Å². The number of carbonyl (C=O) groups excluding carboxylic acids is 1. The fourth-order valence-corrected chi connectivity index (χ4v) is 15.4. The molecule has 0 unspecified atom stereocenters. The first-order valence-corrected chi connectivity index (χ1v) is 22.0. The number of aliphatic hydroxyl groups is 2. The number of nitrogens with zero attached hydrogens (tertiary/aromatic N) is 1. The molecule has 9 atom stereocenters. The monoisotopic (exact) mass is 756 g/mol. The van der Waals surface area contributed by atoms with Gasteiger partial charge in [0.15, 0.2) is 16.1 Å². The zero-order chi connectivity index (χ0) is 38.5. The van der Waals surface area contributed by atoms with Crippen LogP contribution in [0, 0.1) is 68.3 Å². The summed E-state index contributed by atoms with van der Waals surface area (Å²) in [5.41, 5.74) is 1.17. The van der Waals surface area contributed by atoms with Gasteiger partial charge in [-0.25, -0.2) is 17.2 Å². The van der Waals surface area contributed by atoms with Crippen molar-refractivity contribution in [2.75, 3.05) is 37.7 Å². The van der Waals surface area contributed by atoms with Gasteiger partial charge >= 0.3 is 0 Å². The van der Waals surface area contributed by atoms with Crippen LogP contribution in [0.25, 0.3) is 5.57 Å². The number of aliphatic hydroxyl groups excluding tert-OH is 1. The molecule has 1 heterocycles. The van der Waals surface area contributed by atoms with Gasteiger partial charge in [-0.3, -0.25) is 9.69 Å². The van der Waals surface area contributed by atoms with E-state index in [1.54, 1.807) is 0 Å². The molecule has 10 heteroatoms. The molecule has 5 fully saturated rings. The smallest absolute Gasteiger partial charge is 0.226 e. The van der Waals surface area contributed by atoms with Gasteiger partial charge in [0, 0.05) is 26.2 Å². The van der Waals surface area contributed by atoms with E-state index in [0.717, 1.165) is 63.4 Å². The second-order valence-electron chi connectivity index (χ2n) is 19.4. The van der Waals surface area contributed by atoms with Crippen molar-refractivity contribution >= 4 is 21.3 Å². The molecular formula is C43H62F2N2O5S. The van der Waals surface area contributed by atoms with Gasteiger partial charge in [0.1, 0.15) is 11.6 Å². The van der Waals surface area contributed by atoms with Crippen molar-refractivity contribution in [3.05, 3.63) is 53.1 Å². The summed E-state index contributed by atoms with van der Waals surface area (Å²) >= 11 is 0. The minimum absolute atomic E-state index is 0.0184. The number of nitrogens with one attached hydrogen (secondary N) is 1. The van der Waals surface area contributed by atoms with E-state index >= 15 is 8.78 Å². The van der Waals surface area contributed by atoms with Crippen molar-refractivity contribution in [2.45, 2.75) is 106 Å². The zero-order valence-corrected chi connectivity index (χ0v) is 33.6. The quantitative estimate of drug-likeness (QED) is 0.197. The Morgan fingerprint density at radius 2 is 1.60 bits per heavy atom. The molecule has 1 saturated heterocycles. The lowest BCUT2D eigenvalue weighted by molar-refractivity contribution is -0.225. The van der Waals surface area contributed by atoms with Crippen LogP contribution in [0.2, 0.25) is 0 Å². The molecule has 1 aromatic carbocycles. The molecule has 294 valence electrons. The van der Waals surface area contributed by atoms with Crippen molar-refractivity contribution in [1.82, 2.24) is 10.2 Å². The fourth-order valence-electron chi connectivity index (χ4n) is 14.1. The van der Waals surface area contributed by atoms with Gasteiger partial charge in [-0.15, -0.1) is 0 Å². The average Bonchev–Trinajstić information content (AvgIpc) is 3.46. The minimum atomic E-state index is -2.95. The number of hydrogen-bond acceptors (Lipinski definition) is 6. The Bertz CT molecular complexity index is 1770. The number of amides is 1. The Hall–Kier alpha value is -2.14. The van der Waals surface area contributed by atoms with Crippen LogP contribution in [0.5, 0.6) is 0 Å². The molecule has 0 radical (unpaired) electrons. The summed E-state index contributed by atoms with van der Waals surface area (Å²) in [4.78, 5) is 16.6. The highest BCUT2D eigenvalue weighted by Crippen LogP contribution is 2.77. The molecule has 0 spiro atoms. The van der Waals surface area contributed by atoms with Crippen molar-refractivity contribution in [1.29, 1.82) is 0 Å². The van der Waals surface area contributed by atoms with Crippen LogP contribution in [-0.4, -0.2) is 67.1 Å². The summed E-state index contributed by atoms with van der Waals surface area (Å²) in [6.07, 6.45) is 8.81. The van der Waals surface area contributed by atoms with Crippen LogP contribution in [0.1, 0.15) is 117 Å². The predicted molar refractivity (Wildman–Crippen MR) is 204 cm³/mol. The number of sulfone groups is 1. The molecule has 7 nitrogen and oxygen atoms in total. The highest BCUT2D eigenvalue weighted by Gasteiger charge is 2.71. The Kier molecular flexibility index (Phi) is 9.76. The molecule has 4 saturated carbocycles. The number of rotatable bonds is 7. The Morgan fingerprint density at radius 3 is 2.23 bits per heavy atom. The summed E-state index contributed by atoms with van der Waals surface area (Å²) < 4.78 is 53.9. The molecule has 1 amide bonds. The maximum absolute atomic E-state index is 15.0. The fraction of sp³-hybridized carbons (Fsp3) is 0.744. The van der Waals surface area contributed by atoms with Crippen LogP contribution in [-0.2, 0) is 14.6 Å². The topological polar surface area (TPSA) is 107 Å². The summed E-state index contributed by atoms with van der Waals surface area (Å²) in [6.45, 7) is 20.9. The highest BCUT2D eigenvalue weighted by atomic mass is 32.2. The Balaban J connectivity index is 1.15. The normalized spacial score (nSPS) is 40.4. The van der Waals surface area contributed by atoms with Gasteiger partial charge in [0.2, 0.25) is 5.91 Å². The van der Waals surface area contributed by atoms with E-state index in [-0.39, 0.29) is 45.0 Å². The van der Waals surface area contributed by atoms with Crippen LogP contribution >= 0.6 is 0 Å². The average molecular weight is 757 g/mol. The van der Waals surface area contributed by atoms with E-state index in [1.165, 1.54) is 17.7 Å². The van der Waals surface area contributed by atoms with Gasteiger partial charge < -0.3 is 15.5 Å². The standard InChI is InChI=1S/C43H62F2N2O5S/c1-26(2)28-10-15-43(38(50)46-18-19-47-20-22-53(51,52)23-21-47)17-16-41(6)30(36(28)43)8-9-34-40(5)13-11-29(39(3,4)33(40)12-14-42(34,41)7)27-24-31(44)35(37(48)49)32(45)25-27/h11,24-25,28,30,33-34,36-37,48-49H,1,8-10,12-23H2,2-7H3,(H,46,50)/t28-,30+,33-,34+,36+,40-,41+,42+,43-/m0/s1. The third-order valence-corrected chi connectivity index (χ3v) is 18.5. The van der Waals surface area contributed by atoms with E-state index in [9.17, 15) is 23.4 Å². The number of hydrogen-bond donors (Lipinski definition) is 3. The van der Waals surface area contributed by atoms with Crippen molar-refractivity contribution in [3.8, 4) is 0 Å². The maximum Gasteiger partial charge on any atom is 0.226 e. The Morgan fingerprint density at radius 1 is 0.943 bits per heavy atom. The Labute approximate surface area is 316 Å². The lowest BCUT2D eigenvalue weighted by atomic mass is 9.32. The van der Waals surface area contributed by atoms with E-state index in [1.807, 2.05) is 0 Å². The summed E-state index contributed by atoms with van der Waals surface area (Å²) in [7, 11) is -2.95. The molecule has 7 rings (SSSR count). The van der Waals surface area contributed by atoms with Crippen LogP contribution in [0.3, 0.4) is 0 Å². The van der Waals surface area contributed by atoms with E-state index in [0.29, 0.717) is 55.4 Å². The van der Waals surface area contributed by atoms with E-state index in [2.05, 4.69) is 64.4 Å². The molecular weight excluding hydrogens is 695 g/mol.